The van der Waals surface area contributed by atoms with Crippen LogP contribution in [0.5, 0.6) is 0 Å². The van der Waals surface area contributed by atoms with E-state index in [1.807, 2.05) is 0 Å². The molecule has 0 aromatic rings. The van der Waals surface area contributed by atoms with E-state index in [1.54, 1.807) is 0 Å². The van der Waals surface area contributed by atoms with Gasteiger partial charge in [-0.25, -0.2) is 4.57 Å². The second-order valence-corrected chi connectivity index (χ2v) is 7.07. The average molecular weight is 374 g/mol. The Hall–Kier alpha value is -0.210. The molecule has 3 aliphatic rings. The quantitative estimate of drug-likeness (QED) is 0.272. The molecule has 6 N–H and O–H groups in total. The molecule has 10 atom stereocenters. The summed E-state index contributed by atoms with van der Waals surface area (Å²) >= 11 is 0. The monoisotopic (exact) mass is 374 g/mol. The Balaban J connectivity index is 1.74. The van der Waals surface area contributed by atoms with Crippen LogP contribution < -0.4 is 0 Å². The molecule has 12 nitrogen and oxygen atoms in total. The van der Waals surface area contributed by atoms with Crippen molar-refractivity contribution in [2.75, 3.05) is 6.61 Å². The fraction of sp³-hybridized carbons (Fsp3) is 1.00. The van der Waals surface area contributed by atoms with Crippen molar-refractivity contribution in [1.29, 1.82) is 0 Å². The molecule has 0 aromatic carbocycles. The van der Waals surface area contributed by atoms with Crippen LogP contribution in [0.25, 0.3) is 0 Å². The van der Waals surface area contributed by atoms with Crippen molar-refractivity contribution < 1.29 is 58.2 Å². The van der Waals surface area contributed by atoms with Crippen LogP contribution in [-0.4, -0.2) is 92.5 Å². The highest BCUT2D eigenvalue weighted by molar-refractivity contribution is 7.47. The van der Waals surface area contributed by atoms with Crippen LogP contribution in [0.2, 0.25) is 0 Å². The van der Waals surface area contributed by atoms with Gasteiger partial charge in [0.25, 0.3) is 0 Å². The Morgan fingerprint density at radius 2 is 1.75 bits per heavy atom. The Bertz CT molecular complexity index is 481. The van der Waals surface area contributed by atoms with Gasteiger partial charge in [0.15, 0.2) is 12.6 Å². The second kappa shape index (κ2) is 6.83. The zero-order valence-electron chi connectivity index (χ0n) is 12.2. The van der Waals surface area contributed by atoms with Gasteiger partial charge >= 0.3 is 7.82 Å². The minimum absolute atomic E-state index is 0.202. The molecule has 2 bridgehead atoms. The van der Waals surface area contributed by atoms with Gasteiger partial charge in [-0.05, 0) is 0 Å². The summed E-state index contributed by atoms with van der Waals surface area (Å²) in [5.41, 5.74) is 0. The number of phosphoric acid groups is 1. The lowest BCUT2D eigenvalue weighted by molar-refractivity contribution is -0.367. The van der Waals surface area contributed by atoms with Gasteiger partial charge in [-0.1, -0.05) is 0 Å². The van der Waals surface area contributed by atoms with E-state index in [0.29, 0.717) is 0 Å². The van der Waals surface area contributed by atoms with E-state index in [4.69, 9.17) is 23.8 Å². The van der Waals surface area contributed by atoms with Gasteiger partial charge in [0.05, 0.1) is 6.61 Å². The molecule has 140 valence electrons. The molecule has 3 saturated heterocycles. The maximum absolute atomic E-state index is 11.6. The van der Waals surface area contributed by atoms with Gasteiger partial charge in [0.2, 0.25) is 6.29 Å². The molecule has 3 rings (SSSR count). The molecule has 3 heterocycles. The van der Waals surface area contributed by atoms with Crippen molar-refractivity contribution in [2.45, 2.75) is 61.9 Å². The number of ether oxygens (including phenoxy) is 3. The number of hydrogen-bond acceptors (Lipinski definition) is 11. The lowest BCUT2D eigenvalue weighted by Crippen LogP contribution is -2.62. The Morgan fingerprint density at radius 3 is 2.38 bits per heavy atom. The highest BCUT2D eigenvalue weighted by Gasteiger charge is 2.54. The molecule has 0 amide bonds. The predicted molar refractivity (Wildman–Crippen MR) is 69.9 cm³/mol. The van der Waals surface area contributed by atoms with Gasteiger partial charge in [0, 0.05) is 6.42 Å². The molecule has 0 aliphatic carbocycles. The highest BCUT2D eigenvalue weighted by Crippen LogP contribution is 2.54. The average Bonchev–Trinajstić information content (AvgIpc) is 2.48. The summed E-state index contributed by atoms with van der Waals surface area (Å²) in [6.45, 7) is -0.642. The highest BCUT2D eigenvalue weighted by atomic mass is 31.2. The van der Waals surface area contributed by atoms with E-state index in [-0.39, 0.29) is 6.42 Å². The van der Waals surface area contributed by atoms with Crippen molar-refractivity contribution in [3.05, 3.63) is 0 Å². The molecule has 3 fully saturated rings. The normalized spacial score (nSPS) is 55.3. The first-order valence-corrected chi connectivity index (χ1v) is 8.70. The summed E-state index contributed by atoms with van der Waals surface area (Å²) in [5, 5.41) is 48.1. The van der Waals surface area contributed by atoms with Crippen LogP contribution in [0.1, 0.15) is 6.42 Å². The third kappa shape index (κ3) is 3.51. The van der Waals surface area contributed by atoms with Crippen molar-refractivity contribution in [1.82, 2.24) is 0 Å². The first kappa shape index (κ1) is 18.6. The third-order valence-electron chi connectivity index (χ3n) is 4.01. The first-order chi connectivity index (χ1) is 11.2. The maximum atomic E-state index is 11.6. The van der Waals surface area contributed by atoms with Crippen molar-refractivity contribution in [3.63, 3.8) is 0 Å². The van der Waals surface area contributed by atoms with Crippen LogP contribution in [-0.2, 0) is 27.8 Å². The molecule has 0 saturated carbocycles. The smallest absolute Gasteiger partial charge is 0.394 e. The number of aliphatic hydroxyl groups excluding tert-OH is 5. The minimum Gasteiger partial charge on any atom is -0.394 e. The molecule has 3 aliphatic heterocycles. The summed E-state index contributed by atoms with van der Waals surface area (Å²) < 4.78 is 36.7. The molecular formula is C11H19O12P. The summed E-state index contributed by atoms with van der Waals surface area (Å²) in [6.07, 6.45) is -12.8. The largest absolute Gasteiger partial charge is 0.474 e. The molecule has 24 heavy (non-hydrogen) atoms. The van der Waals surface area contributed by atoms with Gasteiger partial charge < -0.3 is 44.6 Å². The molecule has 0 spiro atoms. The maximum Gasteiger partial charge on any atom is 0.474 e. The van der Waals surface area contributed by atoms with E-state index in [0.717, 1.165) is 0 Å². The SMILES string of the molecule is O=P1(O)OC2CC(O)OC(O1)C2OC1OC(CO)C(O)C(O)C1O. The van der Waals surface area contributed by atoms with Crippen LogP contribution in [0.3, 0.4) is 0 Å². The van der Waals surface area contributed by atoms with Crippen molar-refractivity contribution >= 4 is 7.82 Å². The fourth-order valence-corrected chi connectivity index (χ4v) is 3.83. The summed E-state index contributed by atoms with van der Waals surface area (Å²) in [4.78, 5) is 9.41. The molecule has 13 heteroatoms. The molecule has 10 unspecified atom stereocenters. The topological polar surface area (TPSA) is 185 Å². The van der Waals surface area contributed by atoms with Gasteiger partial charge in [-0.2, -0.15) is 0 Å². The Labute approximate surface area is 135 Å². The Morgan fingerprint density at radius 1 is 1.04 bits per heavy atom. The van der Waals surface area contributed by atoms with Gasteiger partial charge in [-0.3, -0.25) is 9.05 Å². The zero-order valence-corrected chi connectivity index (χ0v) is 13.1. The third-order valence-corrected chi connectivity index (χ3v) is 5.02. The predicted octanol–water partition coefficient (Wildman–Crippen LogP) is -3.25. The summed E-state index contributed by atoms with van der Waals surface area (Å²) in [7, 11) is -4.39. The number of phosphoric ester groups is 1. The van der Waals surface area contributed by atoms with Crippen molar-refractivity contribution in [2.24, 2.45) is 0 Å². The van der Waals surface area contributed by atoms with Crippen molar-refractivity contribution in [3.8, 4) is 0 Å². The van der Waals surface area contributed by atoms with E-state index in [9.17, 15) is 29.9 Å². The second-order valence-electron chi connectivity index (χ2n) is 5.71. The molecule has 0 radical (unpaired) electrons. The number of fused-ring (bicyclic) bond motifs is 2. The zero-order chi connectivity index (χ0) is 17.6. The van der Waals surface area contributed by atoms with E-state index in [2.05, 4.69) is 4.52 Å². The van der Waals surface area contributed by atoms with E-state index < -0.39 is 69.9 Å². The number of rotatable bonds is 3. The number of aliphatic hydroxyl groups is 5. The first-order valence-electron chi connectivity index (χ1n) is 7.21. The molecular weight excluding hydrogens is 355 g/mol. The lowest BCUT2D eigenvalue weighted by Gasteiger charge is -2.47. The van der Waals surface area contributed by atoms with Gasteiger partial charge in [-0.15, -0.1) is 0 Å². The van der Waals surface area contributed by atoms with Crippen LogP contribution >= 0.6 is 7.82 Å². The molecule has 0 aromatic heterocycles. The van der Waals surface area contributed by atoms with Crippen LogP contribution in [0, 0.1) is 0 Å². The summed E-state index contributed by atoms with van der Waals surface area (Å²) in [6, 6.07) is 0. The van der Waals surface area contributed by atoms with Crippen LogP contribution in [0.15, 0.2) is 0 Å². The van der Waals surface area contributed by atoms with Crippen LogP contribution in [0.4, 0.5) is 0 Å². The summed E-state index contributed by atoms with van der Waals surface area (Å²) in [5.74, 6) is 0. The van der Waals surface area contributed by atoms with E-state index >= 15 is 0 Å². The lowest BCUT2D eigenvalue weighted by atomic mass is 9.99. The fourth-order valence-electron chi connectivity index (χ4n) is 2.80. The standard InChI is InChI=1S/C11H19O12P/c12-2-4-6(14)7(15)8(16)10(19-4)21-9-3-1-5(13)20-11(9)23-24(17,18)22-3/h3-16H,1-2H2,(H,17,18). The van der Waals surface area contributed by atoms with Gasteiger partial charge in [0.1, 0.15) is 36.6 Å². The Kier molecular flexibility index (Phi) is 5.29. The minimum atomic E-state index is -4.39. The van der Waals surface area contributed by atoms with E-state index in [1.165, 1.54) is 0 Å². The number of hydrogen-bond donors (Lipinski definition) is 6.